The van der Waals surface area contributed by atoms with Gasteiger partial charge in [0.05, 0.1) is 0 Å². The highest BCUT2D eigenvalue weighted by molar-refractivity contribution is 6.00. The number of rotatable bonds is 7. The molecule has 0 aliphatic carbocycles. The minimum atomic E-state index is -5.08. The van der Waals surface area contributed by atoms with Gasteiger partial charge in [-0.1, -0.05) is 36.4 Å². The van der Waals surface area contributed by atoms with E-state index in [1.807, 2.05) is 47.0 Å². The number of alkyl halides is 6. The average molecular weight is 668 g/mol. The summed E-state index contributed by atoms with van der Waals surface area (Å²) in [5.41, 5.74) is 22.2. The van der Waals surface area contributed by atoms with Gasteiger partial charge in [0.25, 0.3) is 5.91 Å². The van der Waals surface area contributed by atoms with Gasteiger partial charge in [-0.15, -0.1) is 0 Å². The first-order valence-corrected chi connectivity index (χ1v) is 12.8. The number of amides is 1. The third-order valence-corrected chi connectivity index (χ3v) is 5.91. The lowest BCUT2D eigenvalue weighted by Gasteiger charge is -2.13. The van der Waals surface area contributed by atoms with E-state index >= 15 is 0 Å². The van der Waals surface area contributed by atoms with E-state index in [0.29, 0.717) is 35.6 Å². The van der Waals surface area contributed by atoms with E-state index in [4.69, 9.17) is 47.8 Å². The summed E-state index contributed by atoms with van der Waals surface area (Å²) in [4.78, 5) is 31.0. The van der Waals surface area contributed by atoms with Crippen molar-refractivity contribution in [2.24, 2.45) is 11.5 Å². The average Bonchev–Trinajstić information content (AvgIpc) is 3.32. The molecule has 0 aliphatic heterocycles. The molecule has 4 aromatic rings. The van der Waals surface area contributed by atoms with Crippen molar-refractivity contribution in [1.82, 2.24) is 9.88 Å². The number of aliphatic carboxylic acids is 2. The van der Waals surface area contributed by atoms with E-state index in [1.165, 1.54) is 0 Å². The summed E-state index contributed by atoms with van der Waals surface area (Å²) in [5, 5.41) is 33.4. The van der Waals surface area contributed by atoms with Crippen molar-refractivity contribution < 1.29 is 50.9 Å². The summed E-state index contributed by atoms with van der Waals surface area (Å²) < 4.78 is 65.4. The van der Waals surface area contributed by atoms with Crippen LogP contribution in [0.15, 0.2) is 72.8 Å². The fourth-order valence-corrected chi connectivity index (χ4v) is 3.79. The number of nitrogen functional groups attached to an aromatic ring is 3. The highest BCUT2D eigenvalue weighted by Gasteiger charge is 2.38. The lowest BCUT2D eigenvalue weighted by molar-refractivity contribution is -0.193. The van der Waals surface area contributed by atoms with Crippen LogP contribution in [0.5, 0.6) is 0 Å². The predicted molar refractivity (Wildman–Crippen MR) is 159 cm³/mol. The van der Waals surface area contributed by atoms with E-state index in [1.54, 1.807) is 30.3 Å². The molecule has 1 aromatic heterocycles. The number of amidine groups is 2. The summed E-state index contributed by atoms with van der Waals surface area (Å²) in [5.74, 6) is -5.78. The SMILES string of the molecule is N=C(N)c1cccc(CNC(=O)c2cc3cc(N)ccc3n2Cc2cccc(C(=N)N)c2)c1.O=C(O)C(F)(F)F.O=C(O)C(F)(F)F. The minimum Gasteiger partial charge on any atom is -0.475 e. The Morgan fingerprint density at radius 3 is 1.68 bits per heavy atom. The zero-order chi connectivity index (χ0) is 35.7. The molecule has 4 rings (SSSR count). The lowest BCUT2D eigenvalue weighted by Crippen LogP contribution is -2.26. The third-order valence-electron chi connectivity index (χ3n) is 5.91. The number of anilines is 1. The van der Waals surface area contributed by atoms with E-state index < -0.39 is 24.3 Å². The molecule has 0 radical (unpaired) electrons. The fraction of sp³-hybridized carbons (Fsp3) is 0.138. The van der Waals surface area contributed by atoms with Gasteiger partial charge >= 0.3 is 24.3 Å². The van der Waals surface area contributed by atoms with Crippen molar-refractivity contribution in [2.75, 3.05) is 5.73 Å². The molecule has 0 fully saturated rings. The molecule has 0 bridgehead atoms. The number of nitrogens with two attached hydrogens (primary N) is 3. The molecule has 12 nitrogen and oxygen atoms in total. The van der Waals surface area contributed by atoms with Crippen LogP contribution in [0.3, 0.4) is 0 Å². The molecule has 0 saturated heterocycles. The number of hydrogen-bond acceptors (Lipinski definition) is 6. The van der Waals surface area contributed by atoms with Gasteiger partial charge in [-0.3, -0.25) is 15.6 Å². The van der Waals surface area contributed by atoms with E-state index in [2.05, 4.69) is 5.32 Å². The topological polar surface area (TPSA) is 234 Å². The van der Waals surface area contributed by atoms with Crippen molar-refractivity contribution >= 4 is 46.1 Å². The van der Waals surface area contributed by atoms with Crippen molar-refractivity contribution in [3.63, 3.8) is 0 Å². The van der Waals surface area contributed by atoms with Crippen molar-refractivity contribution in [3.8, 4) is 0 Å². The van der Waals surface area contributed by atoms with Crippen LogP contribution in [0.4, 0.5) is 32.0 Å². The number of aromatic nitrogens is 1. The normalized spacial score (nSPS) is 10.9. The second-order valence-corrected chi connectivity index (χ2v) is 9.45. The molecule has 0 saturated carbocycles. The van der Waals surface area contributed by atoms with Crippen LogP contribution in [-0.2, 0) is 22.7 Å². The Kier molecular flexibility index (Phi) is 12.1. The number of hydrogen-bond donors (Lipinski definition) is 8. The summed E-state index contributed by atoms with van der Waals surface area (Å²) in [6.45, 7) is 0.723. The molecule has 1 heterocycles. The summed E-state index contributed by atoms with van der Waals surface area (Å²) in [6.07, 6.45) is -10.2. The highest BCUT2D eigenvalue weighted by Crippen LogP contribution is 2.24. The maximum absolute atomic E-state index is 13.2. The van der Waals surface area contributed by atoms with E-state index in [9.17, 15) is 31.1 Å². The van der Waals surface area contributed by atoms with Crippen molar-refractivity contribution in [2.45, 2.75) is 25.4 Å². The highest BCUT2D eigenvalue weighted by atomic mass is 19.4. The first-order chi connectivity index (χ1) is 21.7. The second kappa shape index (κ2) is 15.3. The van der Waals surface area contributed by atoms with Crippen LogP contribution in [0.25, 0.3) is 10.9 Å². The largest absolute Gasteiger partial charge is 0.490 e. The molecule has 0 atom stereocenters. The lowest BCUT2D eigenvalue weighted by atomic mass is 10.1. The van der Waals surface area contributed by atoms with Gasteiger partial charge in [-0.25, -0.2) is 9.59 Å². The van der Waals surface area contributed by atoms with Gasteiger partial charge in [0.1, 0.15) is 17.4 Å². The zero-order valence-corrected chi connectivity index (χ0v) is 23.9. The number of carbonyl (C=O) groups is 3. The molecule has 250 valence electrons. The molecule has 0 unspecified atom stereocenters. The Labute approximate surface area is 261 Å². The van der Waals surface area contributed by atoms with Crippen LogP contribution in [0, 0.1) is 10.8 Å². The molecule has 18 heteroatoms. The number of carboxylic acid groups (broad SMARTS) is 2. The smallest absolute Gasteiger partial charge is 0.475 e. The molecule has 1 amide bonds. The van der Waals surface area contributed by atoms with Crippen molar-refractivity contribution in [1.29, 1.82) is 10.8 Å². The summed E-state index contributed by atoms with van der Waals surface area (Å²) in [7, 11) is 0. The standard InChI is InChI=1S/C25H25N7O.2C2HF3O2/c26-20-7-8-21-19(11-20)12-22(32(21)14-16-4-2-6-18(10-16)24(29)30)25(33)31-13-15-3-1-5-17(9-15)23(27)28;2*3-2(4,5)1(6)7/h1-12H,13-14,26H2,(H3,27,28)(H3,29,30)(H,31,33);2*(H,6,7). The Bertz CT molecular complexity index is 1780. The Hall–Kier alpha value is -6.07. The monoisotopic (exact) mass is 667 g/mol. The van der Waals surface area contributed by atoms with Gasteiger partial charge in [0.15, 0.2) is 0 Å². The summed E-state index contributed by atoms with van der Waals surface area (Å²) >= 11 is 0. The number of nitrogens with one attached hydrogen (secondary N) is 3. The zero-order valence-electron chi connectivity index (χ0n) is 23.9. The quantitative estimate of drug-likeness (QED) is 0.0618. The maximum Gasteiger partial charge on any atom is 0.490 e. The first-order valence-electron chi connectivity index (χ1n) is 12.8. The number of benzene rings is 3. The molecule has 47 heavy (non-hydrogen) atoms. The Balaban J connectivity index is 0.000000459. The first kappa shape index (κ1) is 37.1. The van der Waals surface area contributed by atoms with Gasteiger partial charge < -0.3 is 37.3 Å². The number of carboxylic acids is 2. The maximum atomic E-state index is 13.2. The molecule has 0 spiro atoms. The van der Waals surface area contributed by atoms with Crippen LogP contribution in [-0.4, -0.2) is 56.6 Å². The molecule has 3 aromatic carbocycles. The number of halogens is 6. The van der Waals surface area contributed by atoms with Gasteiger partial charge in [-0.2, -0.15) is 26.3 Å². The molecule has 11 N–H and O–H groups in total. The van der Waals surface area contributed by atoms with Crippen LogP contribution in [0.2, 0.25) is 0 Å². The Morgan fingerprint density at radius 1 is 0.745 bits per heavy atom. The summed E-state index contributed by atoms with van der Waals surface area (Å²) in [6, 6.07) is 22.0. The van der Waals surface area contributed by atoms with Gasteiger partial charge in [0, 0.05) is 40.8 Å². The van der Waals surface area contributed by atoms with Crippen LogP contribution >= 0.6 is 0 Å². The minimum absolute atomic E-state index is 0.00672. The van der Waals surface area contributed by atoms with Crippen LogP contribution in [0.1, 0.15) is 32.7 Å². The predicted octanol–water partition coefficient (Wildman–Crippen LogP) is 4.04. The number of nitrogens with zero attached hydrogens (tertiary/aromatic N) is 1. The van der Waals surface area contributed by atoms with Gasteiger partial charge in [-0.05, 0) is 47.5 Å². The number of fused-ring (bicyclic) bond motifs is 1. The third kappa shape index (κ3) is 11.1. The van der Waals surface area contributed by atoms with Crippen molar-refractivity contribution in [3.05, 3.63) is 101 Å². The van der Waals surface area contributed by atoms with E-state index in [0.717, 1.165) is 22.0 Å². The molecular weight excluding hydrogens is 640 g/mol. The number of carbonyl (C=O) groups excluding carboxylic acids is 1. The fourth-order valence-electron chi connectivity index (χ4n) is 3.79. The molecule has 0 aliphatic rings. The second-order valence-electron chi connectivity index (χ2n) is 9.45. The van der Waals surface area contributed by atoms with Crippen LogP contribution < -0.4 is 22.5 Å². The van der Waals surface area contributed by atoms with Gasteiger partial charge in [0.2, 0.25) is 0 Å². The van der Waals surface area contributed by atoms with E-state index in [-0.39, 0.29) is 17.6 Å². The Morgan fingerprint density at radius 2 is 1.21 bits per heavy atom. The molecular formula is C29H27F6N7O5.